The van der Waals surface area contributed by atoms with Crippen molar-refractivity contribution in [3.8, 4) is 11.3 Å². The Labute approximate surface area is 183 Å². The molecule has 0 aromatic carbocycles. The summed E-state index contributed by atoms with van der Waals surface area (Å²) in [6, 6.07) is 2.31. The summed E-state index contributed by atoms with van der Waals surface area (Å²) in [6.07, 6.45) is 13.2. The van der Waals surface area contributed by atoms with E-state index in [4.69, 9.17) is 10.7 Å². The first kappa shape index (κ1) is 22.7. The number of nitrogens with two attached hydrogens (primary N) is 1. The summed E-state index contributed by atoms with van der Waals surface area (Å²) in [5.74, 6) is 0.281. The fourth-order valence-electron chi connectivity index (χ4n) is 3.78. The number of hydrogen-bond donors (Lipinski definition) is 2. The number of aliphatic hydroxyl groups is 1. The third kappa shape index (κ3) is 5.38. The van der Waals surface area contributed by atoms with Crippen molar-refractivity contribution < 1.29 is 5.11 Å². The normalized spacial score (nSPS) is 14.7. The standard InChI is InChI=1S/C23H33N7O/c1-5-20(6-2)29-14-19(13-27-29)23-22-7-8-26-30(22)15-21(28-23)18(10-24)12-25-11-16(3)9-17(4)31/h7-8,10,12-17,20,31H,5-6,9,11,24H2,1-4H3/t16-,17+/m1/s1. The predicted molar refractivity (Wildman–Crippen MR) is 125 cm³/mol. The number of fused-ring (bicyclic) bond motifs is 1. The Morgan fingerprint density at radius 1 is 1.23 bits per heavy atom. The number of aliphatic hydroxyl groups excluding tert-OH is 1. The Bertz CT molecular complexity index is 1040. The summed E-state index contributed by atoms with van der Waals surface area (Å²) < 4.78 is 3.82. The van der Waals surface area contributed by atoms with Gasteiger partial charge in [0.1, 0.15) is 0 Å². The first-order valence-corrected chi connectivity index (χ1v) is 11.0. The van der Waals surface area contributed by atoms with Crippen LogP contribution in [0.2, 0.25) is 0 Å². The van der Waals surface area contributed by atoms with E-state index in [9.17, 15) is 5.11 Å². The van der Waals surface area contributed by atoms with Gasteiger partial charge in [-0.05, 0) is 38.2 Å². The van der Waals surface area contributed by atoms with E-state index in [1.165, 1.54) is 6.20 Å². The minimum atomic E-state index is -0.331. The fourth-order valence-corrected chi connectivity index (χ4v) is 3.78. The van der Waals surface area contributed by atoms with Gasteiger partial charge in [-0.25, -0.2) is 9.50 Å². The van der Waals surface area contributed by atoms with Crippen LogP contribution in [-0.4, -0.2) is 48.3 Å². The zero-order chi connectivity index (χ0) is 22.4. The summed E-state index contributed by atoms with van der Waals surface area (Å²) in [6.45, 7) is 8.81. The van der Waals surface area contributed by atoms with Crippen molar-refractivity contribution in [3.63, 3.8) is 0 Å². The molecule has 0 aliphatic rings. The molecule has 8 heteroatoms. The van der Waals surface area contributed by atoms with Gasteiger partial charge in [0.25, 0.3) is 0 Å². The summed E-state index contributed by atoms with van der Waals surface area (Å²) in [7, 11) is 0. The molecule has 0 aliphatic carbocycles. The number of aromatic nitrogens is 5. The molecule has 2 atom stereocenters. The Morgan fingerprint density at radius 2 is 2.00 bits per heavy atom. The highest BCUT2D eigenvalue weighted by molar-refractivity contribution is 6.09. The molecule has 0 saturated heterocycles. The van der Waals surface area contributed by atoms with Crippen LogP contribution in [0.5, 0.6) is 0 Å². The fraction of sp³-hybridized carbons (Fsp3) is 0.478. The van der Waals surface area contributed by atoms with Gasteiger partial charge in [-0.3, -0.25) is 9.67 Å². The van der Waals surface area contributed by atoms with Gasteiger partial charge in [-0.15, -0.1) is 0 Å². The second-order valence-electron chi connectivity index (χ2n) is 8.12. The third-order valence-electron chi connectivity index (χ3n) is 5.45. The van der Waals surface area contributed by atoms with Crippen molar-refractivity contribution in [2.24, 2.45) is 16.6 Å². The number of hydrogen-bond acceptors (Lipinski definition) is 6. The first-order valence-electron chi connectivity index (χ1n) is 11.0. The van der Waals surface area contributed by atoms with Gasteiger partial charge in [0.05, 0.1) is 47.6 Å². The van der Waals surface area contributed by atoms with E-state index < -0.39 is 0 Å². The first-order chi connectivity index (χ1) is 15.0. The average Bonchev–Trinajstić information content (AvgIpc) is 3.41. The van der Waals surface area contributed by atoms with E-state index in [0.717, 1.165) is 35.2 Å². The largest absolute Gasteiger partial charge is 0.404 e. The molecular formula is C23H33N7O. The minimum absolute atomic E-state index is 0.281. The molecule has 3 N–H and O–H groups in total. The van der Waals surface area contributed by atoms with Crippen LogP contribution in [-0.2, 0) is 0 Å². The van der Waals surface area contributed by atoms with E-state index >= 15 is 0 Å². The molecule has 0 aliphatic heterocycles. The zero-order valence-corrected chi connectivity index (χ0v) is 18.8. The van der Waals surface area contributed by atoms with Crippen LogP contribution >= 0.6 is 0 Å². The molecule has 3 rings (SSSR count). The van der Waals surface area contributed by atoms with Crippen molar-refractivity contribution in [1.82, 2.24) is 24.4 Å². The maximum absolute atomic E-state index is 9.53. The van der Waals surface area contributed by atoms with Crippen LogP contribution in [0.3, 0.4) is 0 Å². The second-order valence-corrected chi connectivity index (χ2v) is 8.12. The van der Waals surface area contributed by atoms with Gasteiger partial charge in [0, 0.05) is 36.3 Å². The molecule has 0 amide bonds. The molecule has 0 saturated carbocycles. The molecule has 3 aromatic heterocycles. The number of rotatable bonds is 10. The van der Waals surface area contributed by atoms with E-state index in [0.29, 0.717) is 24.7 Å². The lowest BCUT2D eigenvalue weighted by molar-refractivity contribution is 0.166. The molecular weight excluding hydrogens is 390 g/mol. The molecule has 0 unspecified atom stereocenters. The van der Waals surface area contributed by atoms with Crippen LogP contribution in [0, 0.1) is 5.92 Å². The van der Waals surface area contributed by atoms with Crippen molar-refractivity contribution in [2.75, 3.05) is 6.54 Å². The van der Waals surface area contributed by atoms with Gasteiger partial charge in [-0.1, -0.05) is 20.8 Å². The van der Waals surface area contributed by atoms with Gasteiger partial charge >= 0.3 is 0 Å². The van der Waals surface area contributed by atoms with Gasteiger partial charge in [0.15, 0.2) is 0 Å². The van der Waals surface area contributed by atoms with E-state index in [2.05, 4.69) is 42.2 Å². The SMILES string of the molecule is CCC(CC)n1cc(-c2nc(C(C=NC[C@H](C)C[C@H](C)O)=CN)cn3nccc23)cn1. The van der Waals surface area contributed by atoms with Crippen molar-refractivity contribution in [1.29, 1.82) is 0 Å². The highest BCUT2D eigenvalue weighted by Crippen LogP contribution is 2.26. The molecule has 3 heterocycles. The molecule has 0 radical (unpaired) electrons. The Morgan fingerprint density at radius 3 is 2.68 bits per heavy atom. The second kappa shape index (κ2) is 10.3. The Balaban J connectivity index is 1.92. The minimum Gasteiger partial charge on any atom is -0.404 e. The lowest BCUT2D eigenvalue weighted by atomic mass is 10.1. The maximum Gasteiger partial charge on any atom is 0.0999 e. The highest BCUT2D eigenvalue weighted by atomic mass is 16.3. The van der Waals surface area contributed by atoms with Crippen LogP contribution < -0.4 is 5.73 Å². The lowest BCUT2D eigenvalue weighted by Gasteiger charge is -2.12. The van der Waals surface area contributed by atoms with Crippen LogP contribution in [0.15, 0.2) is 42.0 Å². The molecule has 3 aromatic rings. The van der Waals surface area contributed by atoms with E-state index in [-0.39, 0.29) is 12.0 Å². The molecule has 0 fully saturated rings. The summed E-state index contributed by atoms with van der Waals surface area (Å²) in [4.78, 5) is 9.41. The quantitative estimate of drug-likeness (QED) is 0.483. The smallest absolute Gasteiger partial charge is 0.0999 e. The zero-order valence-electron chi connectivity index (χ0n) is 18.8. The summed E-state index contributed by atoms with van der Waals surface area (Å²) in [5.41, 5.74) is 9.98. The Hall–Kier alpha value is -3.00. The van der Waals surface area contributed by atoms with Crippen LogP contribution in [0.25, 0.3) is 22.3 Å². The van der Waals surface area contributed by atoms with E-state index in [1.807, 2.05) is 23.1 Å². The molecule has 31 heavy (non-hydrogen) atoms. The van der Waals surface area contributed by atoms with Gasteiger partial charge in [0.2, 0.25) is 0 Å². The molecule has 0 spiro atoms. The summed E-state index contributed by atoms with van der Waals surface area (Å²) >= 11 is 0. The third-order valence-corrected chi connectivity index (χ3v) is 5.45. The molecule has 0 bridgehead atoms. The van der Waals surface area contributed by atoms with Crippen molar-refractivity contribution in [2.45, 2.75) is 59.1 Å². The number of nitrogens with zero attached hydrogens (tertiary/aromatic N) is 6. The van der Waals surface area contributed by atoms with Crippen LogP contribution in [0.1, 0.15) is 58.7 Å². The number of allylic oxidation sites excluding steroid dienone is 1. The predicted octanol–water partition coefficient (Wildman–Crippen LogP) is 3.73. The van der Waals surface area contributed by atoms with E-state index in [1.54, 1.807) is 23.9 Å². The maximum atomic E-state index is 9.53. The highest BCUT2D eigenvalue weighted by Gasteiger charge is 2.15. The summed E-state index contributed by atoms with van der Waals surface area (Å²) in [5, 5.41) is 18.5. The Kier molecular flexibility index (Phi) is 7.57. The van der Waals surface area contributed by atoms with Gasteiger partial charge < -0.3 is 10.8 Å². The molecule has 8 nitrogen and oxygen atoms in total. The van der Waals surface area contributed by atoms with Crippen LogP contribution in [0.4, 0.5) is 0 Å². The van der Waals surface area contributed by atoms with Crippen molar-refractivity contribution >= 4 is 17.3 Å². The average molecular weight is 424 g/mol. The monoisotopic (exact) mass is 423 g/mol. The van der Waals surface area contributed by atoms with Gasteiger partial charge in [-0.2, -0.15) is 10.2 Å². The topological polar surface area (TPSA) is 107 Å². The lowest BCUT2D eigenvalue weighted by Crippen LogP contribution is -2.10. The van der Waals surface area contributed by atoms with Crippen molar-refractivity contribution in [3.05, 3.63) is 42.7 Å². The molecule has 166 valence electrons. The number of aliphatic imine (C=N–C) groups is 1.